The molecule has 1 aliphatic rings. The van der Waals surface area contributed by atoms with Crippen molar-refractivity contribution in [3.63, 3.8) is 0 Å². The number of para-hydroxylation sites is 1. The summed E-state index contributed by atoms with van der Waals surface area (Å²) in [5.74, 6) is -1.01. The maximum absolute atomic E-state index is 12.1. The molecule has 0 saturated carbocycles. The number of nitrogens with zero attached hydrogens (tertiary/aromatic N) is 1. The van der Waals surface area contributed by atoms with Gasteiger partial charge in [-0.25, -0.2) is 0 Å². The molecular formula is C12H8N2O3. The second kappa shape index (κ2) is 3.04. The Morgan fingerprint density at radius 1 is 1.06 bits per heavy atom. The van der Waals surface area contributed by atoms with Crippen LogP contribution in [0.4, 0.5) is 0 Å². The molecule has 3 rings (SSSR count). The molecule has 0 bridgehead atoms. The van der Waals surface area contributed by atoms with Crippen LogP contribution in [0.2, 0.25) is 0 Å². The second-order valence-corrected chi connectivity index (χ2v) is 3.92. The Bertz CT molecular complexity index is 730. The number of aromatic nitrogens is 1. The lowest BCUT2D eigenvalue weighted by Gasteiger charge is -2.02. The average molecular weight is 228 g/mol. The van der Waals surface area contributed by atoms with E-state index in [1.54, 1.807) is 24.3 Å². The second-order valence-electron chi connectivity index (χ2n) is 3.92. The fraction of sp³-hybridized carbons (Fsp3) is 0.0833. The van der Waals surface area contributed by atoms with E-state index in [0.29, 0.717) is 10.9 Å². The highest BCUT2D eigenvalue weighted by molar-refractivity contribution is 6.21. The Hall–Kier alpha value is -2.43. The lowest BCUT2D eigenvalue weighted by atomic mass is 10.1. The molecule has 17 heavy (non-hydrogen) atoms. The van der Waals surface area contributed by atoms with Gasteiger partial charge in [0.15, 0.2) is 0 Å². The average Bonchev–Trinajstić information content (AvgIpc) is 2.55. The molecule has 0 unspecified atom stereocenters. The van der Waals surface area contributed by atoms with Gasteiger partial charge in [-0.15, -0.1) is 0 Å². The number of carbonyl (C=O) groups excluding carboxylic acids is 2. The first-order valence-corrected chi connectivity index (χ1v) is 5.08. The zero-order valence-corrected chi connectivity index (χ0v) is 8.98. The maximum Gasteiger partial charge on any atom is 0.277 e. The van der Waals surface area contributed by atoms with Crippen LogP contribution >= 0.6 is 0 Å². The molecule has 0 spiro atoms. The number of pyridine rings is 1. The van der Waals surface area contributed by atoms with E-state index in [1.165, 1.54) is 7.05 Å². The van der Waals surface area contributed by atoms with Crippen molar-refractivity contribution in [1.29, 1.82) is 0 Å². The van der Waals surface area contributed by atoms with E-state index >= 15 is 0 Å². The number of imide groups is 1. The lowest BCUT2D eigenvalue weighted by molar-refractivity contribution is 0.0691. The van der Waals surface area contributed by atoms with Gasteiger partial charge in [0.2, 0.25) is 5.43 Å². The molecule has 0 atom stereocenters. The lowest BCUT2D eigenvalue weighted by Crippen LogP contribution is -2.25. The zero-order valence-electron chi connectivity index (χ0n) is 8.98. The number of hydrogen-bond donors (Lipinski definition) is 1. The summed E-state index contributed by atoms with van der Waals surface area (Å²) in [6.45, 7) is 0. The Labute approximate surface area is 95.7 Å². The van der Waals surface area contributed by atoms with Crippen LogP contribution in [0.15, 0.2) is 29.1 Å². The summed E-state index contributed by atoms with van der Waals surface area (Å²) in [5.41, 5.74) is 0.196. The number of H-pyrrole nitrogens is 1. The van der Waals surface area contributed by atoms with Gasteiger partial charge in [0, 0.05) is 18.0 Å². The number of carbonyl (C=O) groups is 2. The largest absolute Gasteiger partial charge is 0.350 e. The van der Waals surface area contributed by atoms with Gasteiger partial charge in [-0.3, -0.25) is 19.3 Å². The Kier molecular flexibility index (Phi) is 1.75. The molecule has 0 radical (unpaired) electrons. The van der Waals surface area contributed by atoms with Crippen molar-refractivity contribution >= 4 is 22.7 Å². The van der Waals surface area contributed by atoms with Crippen LogP contribution in [0.25, 0.3) is 10.9 Å². The molecule has 0 saturated heterocycles. The third-order valence-electron chi connectivity index (χ3n) is 2.95. The van der Waals surface area contributed by atoms with Crippen molar-refractivity contribution in [3.8, 4) is 0 Å². The minimum Gasteiger partial charge on any atom is -0.350 e. The van der Waals surface area contributed by atoms with Gasteiger partial charge in [-0.1, -0.05) is 12.1 Å². The first-order chi connectivity index (χ1) is 8.11. The summed E-state index contributed by atoms with van der Waals surface area (Å²) in [6.07, 6.45) is 0. The molecule has 1 aromatic carbocycles. The monoisotopic (exact) mass is 228 g/mol. The molecule has 5 nitrogen and oxygen atoms in total. The van der Waals surface area contributed by atoms with E-state index in [1.807, 2.05) is 0 Å². The maximum atomic E-state index is 12.1. The Morgan fingerprint density at radius 2 is 1.76 bits per heavy atom. The summed E-state index contributed by atoms with van der Waals surface area (Å²) < 4.78 is 0. The number of hydrogen-bond acceptors (Lipinski definition) is 3. The van der Waals surface area contributed by atoms with Crippen molar-refractivity contribution in [1.82, 2.24) is 9.88 Å². The topological polar surface area (TPSA) is 70.2 Å². The first kappa shape index (κ1) is 9.77. The molecule has 2 amide bonds. The van der Waals surface area contributed by atoms with Crippen LogP contribution in [-0.2, 0) is 0 Å². The van der Waals surface area contributed by atoms with Crippen LogP contribution in [0, 0.1) is 0 Å². The Morgan fingerprint density at radius 3 is 2.53 bits per heavy atom. The third kappa shape index (κ3) is 1.10. The fourth-order valence-electron chi connectivity index (χ4n) is 2.03. The number of rotatable bonds is 0. The normalized spacial score (nSPS) is 14.5. The predicted octanol–water partition coefficient (Wildman–Crippen LogP) is 0.754. The SMILES string of the molecule is CN1C(=O)c2[nH]c3ccccc3c(=O)c2C1=O. The quantitative estimate of drug-likeness (QED) is 0.676. The number of nitrogens with one attached hydrogen (secondary N) is 1. The van der Waals surface area contributed by atoms with Gasteiger partial charge in [-0.2, -0.15) is 0 Å². The number of aromatic amines is 1. The van der Waals surface area contributed by atoms with Gasteiger partial charge in [-0.05, 0) is 12.1 Å². The van der Waals surface area contributed by atoms with E-state index in [4.69, 9.17) is 0 Å². The molecule has 1 aliphatic heterocycles. The summed E-state index contributed by atoms with van der Waals surface area (Å²) in [4.78, 5) is 39.4. The highest BCUT2D eigenvalue weighted by atomic mass is 16.2. The number of fused-ring (bicyclic) bond motifs is 2. The van der Waals surface area contributed by atoms with Gasteiger partial charge in [0.1, 0.15) is 11.3 Å². The molecule has 1 aromatic heterocycles. The van der Waals surface area contributed by atoms with Gasteiger partial charge in [0.25, 0.3) is 11.8 Å². The summed E-state index contributed by atoms with van der Waals surface area (Å²) >= 11 is 0. The third-order valence-corrected chi connectivity index (χ3v) is 2.95. The fourth-order valence-corrected chi connectivity index (χ4v) is 2.03. The van der Waals surface area contributed by atoms with Gasteiger partial charge >= 0.3 is 0 Å². The summed E-state index contributed by atoms with van der Waals surface area (Å²) in [5, 5.41) is 0.419. The van der Waals surface area contributed by atoms with Crippen molar-refractivity contribution in [2.24, 2.45) is 0 Å². The standard InChI is InChI=1S/C12H8N2O3/c1-14-11(16)8-9(12(14)17)13-7-5-3-2-4-6(7)10(8)15/h2-5H,1H3,(H,13,15). The van der Waals surface area contributed by atoms with E-state index in [0.717, 1.165) is 4.90 Å². The van der Waals surface area contributed by atoms with Gasteiger partial charge < -0.3 is 4.98 Å². The Balaban J connectivity index is 2.51. The van der Waals surface area contributed by atoms with E-state index in [9.17, 15) is 14.4 Å². The number of benzene rings is 1. The van der Waals surface area contributed by atoms with Crippen LogP contribution in [0.3, 0.4) is 0 Å². The van der Waals surface area contributed by atoms with E-state index in [2.05, 4.69) is 4.98 Å². The van der Waals surface area contributed by atoms with Crippen LogP contribution in [0.1, 0.15) is 20.8 Å². The minimum absolute atomic E-state index is 0.0591. The molecule has 2 heterocycles. The van der Waals surface area contributed by atoms with Crippen molar-refractivity contribution < 1.29 is 9.59 Å². The smallest absolute Gasteiger partial charge is 0.277 e. The molecule has 0 aliphatic carbocycles. The molecule has 0 fully saturated rings. The number of amides is 2. The van der Waals surface area contributed by atoms with E-state index in [-0.39, 0.29) is 11.3 Å². The van der Waals surface area contributed by atoms with E-state index < -0.39 is 17.2 Å². The van der Waals surface area contributed by atoms with Crippen molar-refractivity contribution in [3.05, 3.63) is 45.7 Å². The van der Waals surface area contributed by atoms with Crippen LogP contribution in [0.5, 0.6) is 0 Å². The molecule has 84 valence electrons. The highest BCUT2D eigenvalue weighted by Crippen LogP contribution is 2.19. The molecule has 1 N–H and O–H groups in total. The first-order valence-electron chi connectivity index (χ1n) is 5.08. The van der Waals surface area contributed by atoms with Crippen molar-refractivity contribution in [2.75, 3.05) is 7.05 Å². The van der Waals surface area contributed by atoms with Gasteiger partial charge in [0.05, 0.1) is 0 Å². The minimum atomic E-state index is -0.544. The molecule has 2 aromatic rings. The highest BCUT2D eigenvalue weighted by Gasteiger charge is 2.36. The summed E-state index contributed by atoms with van der Waals surface area (Å²) in [7, 11) is 1.36. The predicted molar refractivity (Wildman–Crippen MR) is 61.0 cm³/mol. The summed E-state index contributed by atoms with van der Waals surface area (Å²) in [6, 6.07) is 6.81. The molecular weight excluding hydrogens is 220 g/mol. The van der Waals surface area contributed by atoms with Crippen LogP contribution in [-0.4, -0.2) is 28.7 Å². The van der Waals surface area contributed by atoms with Crippen molar-refractivity contribution in [2.45, 2.75) is 0 Å². The van der Waals surface area contributed by atoms with Crippen LogP contribution < -0.4 is 5.43 Å². The molecule has 5 heteroatoms. The zero-order chi connectivity index (χ0) is 12.2.